The third kappa shape index (κ3) is 5.58. The third-order valence-corrected chi connectivity index (χ3v) is 5.15. The number of ether oxygens (including phenoxy) is 2. The number of carbonyl (C=O) groups excluding carboxylic acids is 1. The summed E-state index contributed by atoms with van der Waals surface area (Å²) in [6, 6.07) is 12.6. The molecule has 0 fully saturated rings. The van der Waals surface area contributed by atoms with E-state index in [0.717, 1.165) is 22.9 Å². The highest BCUT2D eigenvalue weighted by atomic mass is 79.9. The van der Waals surface area contributed by atoms with Gasteiger partial charge in [-0.2, -0.15) is 9.78 Å². The van der Waals surface area contributed by atoms with Crippen molar-refractivity contribution in [3.63, 3.8) is 0 Å². The van der Waals surface area contributed by atoms with Gasteiger partial charge in [0.1, 0.15) is 11.6 Å². The molecule has 1 heterocycles. The molecule has 31 heavy (non-hydrogen) atoms. The van der Waals surface area contributed by atoms with Crippen LogP contribution in [0.25, 0.3) is 10.9 Å². The van der Waals surface area contributed by atoms with E-state index in [-0.39, 0.29) is 5.56 Å². The monoisotopic (exact) mass is 485 g/mol. The second-order valence-corrected chi connectivity index (χ2v) is 7.93. The van der Waals surface area contributed by atoms with Crippen LogP contribution in [-0.2, 0) is 16.0 Å². The first-order chi connectivity index (χ1) is 14.9. The Labute approximate surface area is 188 Å². The molecule has 162 valence electrons. The number of hydrogen-bond donors (Lipinski definition) is 0. The third-order valence-electron chi connectivity index (χ3n) is 4.66. The molecule has 0 aliphatic carbocycles. The van der Waals surface area contributed by atoms with Crippen LogP contribution in [0.3, 0.4) is 0 Å². The summed E-state index contributed by atoms with van der Waals surface area (Å²) in [6.45, 7) is 3.70. The van der Waals surface area contributed by atoms with Gasteiger partial charge < -0.3 is 9.47 Å². The molecular weight excluding hydrogens is 462 g/mol. The molecule has 0 spiro atoms. The zero-order valence-corrected chi connectivity index (χ0v) is 19.3. The second kappa shape index (κ2) is 10.3. The van der Waals surface area contributed by atoms with Crippen LogP contribution in [0.5, 0.6) is 5.75 Å². The molecule has 7 nitrogen and oxygen atoms in total. The van der Waals surface area contributed by atoms with E-state index in [2.05, 4.69) is 37.7 Å². The maximum absolute atomic E-state index is 13.1. The summed E-state index contributed by atoms with van der Waals surface area (Å²) in [5.74, 6) is 0.658. The van der Waals surface area contributed by atoms with Crippen molar-refractivity contribution in [1.29, 1.82) is 0 Å². The van der Waals surface area contributed by atoms with Gasteiger partial charge in [0.2, 0.25) is 0 Å². The number of hydrogen-bond acceptors (Lipinski definition) is 6. The van der Waals surface area contributed by atoms with E-state index in [0.29, 0.717) is 28.9 Å². The minimum atomic E-state index is -0.733. The molecule has 8 heteroatoms. The Kier molecular flexibility index (Phi) is 7.57. The van der Waals surface area contributed by atoms with Crippen LogP contribution < -0.4 is 10.3 Å². The average Bonchev–Trinajstić information content (AvgIpc) is 2.77. The number of unbranched alkanes of at least 4 members (excludes halogenated alkanes) is 1. The maximum Gasteiger partial charge on any atom is 0.346 e. The number of carbonyl (C=O) groups is 1. The van der Waals surface area contributed by atoms with Crippen LogP contribution in [0, 0.1) is 0 Å². The number of benzene rings is 2. The van der Waals surface area contributed by atoms with E-state index in [4.69, 9.17) is 4.74 Å². The van der Waals surface area contributed by atoms with E-state index < -0.39 is 12.1 Å². The molecule has 1 atom stereocenters. The summed E-state index contributed by atoms with van der Waals surface area (Å²) >= 11 is 3.41. The Morgan fingerprint density at radius 3 is 2.84 bits per heavy atom. The van der Waals surface area contributed by atoms with Gasteiger partial charge in [-0.3, -0.25) is 4.79 Å². The van der Waals surface area contributed by atoms with Crippen LogP contribution >= 0.6 is 15.9 Å². The minimum absolute atomic E-state index is 0.222. The van der Waals surface area contributed by atoms with E-state index in [9.17, 15) is 9.59 Å². The van der Waals surface area contributed by atoms with Gasteiger partial charge in [0.15, 0.2) is 6.10 Å². The SMILES string of the molecule is CCCCc1nc2ccc(Br)cc2c(=O)n1N=Cc1cccc(O[C@@H](C)C(=O)OC)c1. The van der Waals surface area contributed by atoms with E-state index in [1.165, 1.54) is 11.8 Å². The smallest absolute Gasteiger partial charge is 0.346 e. The number of nitrogens with zero attached hydrogens (tertiary/aromatic N) is 3. The molecule has 0 aliphatic heterocycles. The fourth-order valence-corrected chi connectivity index (χ4v) is 3.38. The predicted octanol–water partition coefficient (Wildman–Crippen LogP) is 4.32. The van der Waals surface area contributed by atoms with Crippen LogP contribution in [0.2, 0.25) is 0 Å². The van der Waals surface area contributed by atoms with Crippen LogP contribution in [0.15, 0.2) is 56.8 Å². The highest BCUT2D eigenvalue weighted by molar-refractivity contribution is 9.10. The molecule has 0 radical (unpaired) electrons. The first-order valence-corrected chi connectivity index (χ1v) is 10.8. The van der Waals surface area contributed by atoms with Crippen molar-refractivity contribution in [3.8, 4) is 5.75 Å². The molecule has 0 unspecified atom stereocenters. The second-order valence-electron chi connectivity index (χ2n) is 7.01. The predicted molar refractivity (Wildman–Crippen MR) is 124 cm³/mol. The van der Waals surface area contributed by atoms with Gasteiger partial charge in [-0.25, -0.2) is 9.78 Å². The zero-order valence-electron chi connectivity index (χ0n) is 17.7. The number of rotatable bonds is 8. The van der Waals surface area contributed by atoms with Gasteiger partial charge in [-0.1, -0.05) is 41.4 Å². The molecule has 3 rings (SSSR count). The summed E-state index contributed by atoms with van der Waals surface area (Å²) in [5.41, 5.74) is 1.15. The summed E-state index contributed by atoms with van der Waals surface area (Å²) in [6.07, 6.45) is 3.38. The number of halogens is 1. The number of aromatic nitrogens is 2. The van der Waals surface area contributed by atoms with Gasteiger partial charge in [0.05, 0.1) is 24.2 Å². The summed E-state index contributed by atoms with van der Waals surface area (Å²) in [5, 5.41) is 4.93. The number of fused-ring (bicyclic) bond motifs is 1. The molecule has 2 aromatic carbocycles. The summed E-state index contributed by atoms with van der Waals surface area (Å²) in [7, 11) is 1.31. The van der Waals surface area contributed by atoms with Crippen molar-refractivity contribution in [2.75, 3.05) is 7.11 Å². The lowest BCUT2D eigenvalue weighted by molar-refractivity contribution is -0.147. The fourth-order valence-electron chi connectivity index (χ4n) is 3.02. The lowest BCUT2D eigenvalue weighted by atomic mass is 10.2. The maximum atomic E-state index is 13.1. The average molecular weight is 486 g/mol. The Morgan fingerprint density at radius 1 is 1.29 bits per heavy atom. The summed E-state index contributed by atoms with van der Waals surface area (Å²) in [4.78, 5) is 29.4. The number of esters is 1. The normalized spacial score (nSPS) is 12.3. The number of methoxy groups -OCH3 is 1. The van der Waals surface area contributed by atoms with Crippen molar-refractivity contribution in [2.45, 2.75) is 39.2 Å². The van der Waals surface area contributed by atoms with Gasteiger partial charge in [0.25, 0.3) is 5.56 Å². The zero-order chi connectivity index (χ0) is 22.4. The minimum Gasteiger partial charge on any atom is -0.479 e. The van der Waals surface area contributed by atoms with Gasteiger partial charge in [-0.15, -0.1) is 0 Å². The van der Waals surface area contributed by atoms with Crippen molar-refractivity contribution in [1.82, 2.24) is 9.66 Å². The molecule has 0 saturated carbocycles. The van der Waals surface area contributed by atoms with Gasteiger partial charge in [0, 0.05) is 10.9 Å². The molecule has 0 amide bonds. The Morgan fingerprint density at radius 2 is 2.10 bits per heavy atom. The highest BCUT2D eigenvalue weighted by Gasteiger charge is 2.15. The first-order valence-electron chi connectivity index (χ1n) is 10.0. The van der Waals surface area contributed by atoms with Crippen LogP contribution in [-0.4, -0.2) is 35.1 Å². The van der Waals surface area contributed by atoms with Gasteiger partial charge in [-0.05, 0) is 49.2 Å². The van der Waals surface area contributed by atoms with Crippen molar-refractivity contribution >= 4 is 39.0 Å². The molecule has 0 saturated heterocycles. The molecule has 0 aliphatic rings. The first kappa shape index (κ1) is 22.7. The van der Waals surface area contributed by atoms with Crippen molar-refractivity contribution < 1.29 is 14.3 Å². The molecule has 0 N–H and O–H groups in total. The van der Waals surface area contributed by atoms with Crippen molar-refractivity contribution in [3.05, 3.63) is 68.7 Å². The molecule has 3 aromatic rings. The molecule has 1 aromatic heterocycles. The quantitative estimate of drug-likeness (QED) is 0.350. The fraction of sp³-hybridized carbons (Fsp3) is 0.304. The Balaban J connectivity index is 1.96. The van der Waals surface area contributed by atoms with Gasteiger partial charge >= 0.3 is 5.97 Å². The van der Waals surface area contributed by atoms with E-state index in [1.807, 2.05) is 18.2 Å². The van der Waals surface area contributed by atoms with E-state index >= 15 is 0 Å². The summed E-state index contributed by atoms with van der Waals surface area (Å²) < 4.78 is 12.5. The largest absolute Gasteiger partial charge is 0.479 e. The lowest BCUT2D eigenvalue weighted by Crippen LogP contribution is -2.24. The molecular formula is C23H24BrN3O4. The Hall–Kier alpha value is -3.00. The van der Waals surface area contributed by atoms with Crippen molar-refractivity contribution in [2.24, 2.45) is 5.10 Å². The Bertz CT molecular complexity index is 1170. The van der Waals surface area contributed by atoms with E-state index in [1.54, 1.807) is 37.4 Å². The highest BCUT2D eigenvalue weighted by Crippen LogP contribution is 2.17. The van der Waals surface area contributed by atoms with Crippen LogP contribution in [0.1, 0.15) is 38.1 Å². The molecule has 0 bridgehead atoms. The van der Waals surface area contributed by atoms with Crippen LogP contribution in [0.4, 0.5) is 0 Å². The number of aryl methyl sites for hydroxylation is 1. The topological polar surface area (TPSA) is 82.8 Å². The lowest BCUT2D eigenvalue weighted by Gasteiger charge is -2.12. The standard InChI is InChI=1S/C23H24BrN3O4/c1-4-5-9-21-26-20-11-10-17(24)13-19(20)22(28)27(21)25-14-16-7-6-8-18(12-16)31-15(2)23(29)30-3/h6-8,10-15H,4-5,9H2,1-3H3/t15-/m0/s1.